The quantitative estimate of drug-likeness (QED) is 0.726. The number of fused-ring (bicyclic) bond motifs is 1. The minimum absolute atomic E-state index is 0.0127. The number of aromatic nitrogens is 3. The average Bonchev–Trinajstić information content (AvgIpc) is 3.39. The van der Waals surface area contributed by atoms with Crippen molar-refractivity contribution in [2.75, 3.05) is 0 Å². The Morgan fingerprint density at radius 3 is 2.70 bits per heavy atom. The highest BCUT2D eigenvalue weighted by Gasteiger charge is 2.38. The number of aliphatic hydroxyl groups excluding tert-OH is 1. The Kier molecular flexibility index (Phi) is 4.87. The molecule has 6 heteroatoms. The normalized spacial score (nSPS) is 21.1. The molecule has 1 N–H and O–H groups in total. The Hall–Kier alpha value is -2.99. The number of carbonyl (C=O) groups is 1. The predicted molar refractivity (Wildman–Crippen MR) is 113 cm³/mol. The number of pyridine rings is 1. The molecule has 0 spiro atoms. The molecule has 30 heavy (non-hydrogen) atoms. The van der Waals surface area contributed by atoms with Crippen LogP contribution < -0.4 is 0 Å². The van der Waals surface area contributed by atoms with Gasteiger partial charge in [-0.05, 0) is 61.6 Å². The van der Waals surface area contributed by atoms with Gasteiger partial charge in [0, 0.05) is 18.1 Å². The summed E-state index contributed by atoms with van der Waals surface area (Å²) in [6.07, 6.45) is 7.73. The smallest absolute Gasteiger partial charge is 0.256 e. The van der Waals surface area contributed by atoms with Crippen LogP contribution in [-0.4, -0.2) is 42.8 Å². The molecule has 1 fully saturated rings. The van der Waals surface area contributed by atoms with Crippen molar-refractivity contribution in [3.05, 3.63) is 76.9 Å². The highest BCUT2D eigenvalue weighted by atomic mass is 16.3. The van der Waals surface area contributed by atoms with Crippen molar-refractivity contribution >= 4 is 5.91 Å². The monoisotopic (exact) mass is 402 g/mol. The summed E-state index contributed by atoms with van der Waals surface area (Å²) in [6.45, 7) is 2.52. The van der Waals surface area contributed by atoms with Crippen LogP contribution in [0.2, 0.25) is 0 Å². The van der Waals surface area contributed by atoms with Gasteiger partial charge in [0.1, 0.15) is 0 Å². The summed E-state index contributed by atoms with van der Waals surface area (Å²) in [6, 6.07) is 12.1. The summed E-state index contributed by atoms with van der Waals surface area (Å²) < 4.78 is 1.83. The van der Waals surface area contributed by atoms with E-state index in [2.05, 4.69) is 29.4 Å². The van der Waals surface area contributed by atoms with Gasteiger partial charge in [-0.1, -0.05) is 25.0 Å². The Labute approximate surface area is 176 Å². The molecule has 1 aromatic carbocycles. The first kappa shape index (κ1) is 19.0. The van der Waals surface area contributed by atoms with E-state index in [1.165, 1.54) is 5.56 Å². The first-order chi connectivity index (χ1) is 14.6. The molecule has 2 aromatic heterocycles. The molecule has 1 saturated carbocycles. The van der Waals surface area contributed by atoms with Gasteiger partial charge in [0.15, 0.2) is 0 Å². The number of hydrogen-bond donors (Lipinski definition) is 1. The third-order valence-electron chi connectivity index (χ3n) is 6.40. The molecule has 0 bridgehead atoms. The molecule has 1 aliphatic heterocycles. The zero-order chi connectivity index (χ0) is 20.7. The lowest BCUT2D eigenvalue weighted by molar-refractivity contribution is 0.0189. The van der Waals surface area contributed by atoms with E-state index in [0.29, 0.717) is 12.1 Å². The molecule has 0 saturated heterocycles. The third-order valence-corrected chi connectivity index (χ3v) is 6.40. The summed E-state index contributed by atoms with van der Waals surface area (Å²) in [5.74, 6) is 0.0127. The summed E-state index contributed by atoms with van der Waals surface area (Å²) in [7, 11) is 0. The average molecular weight is 402 g/mol. The minimum atomic E-state index is -0.425. The number of nitrogens with zero attached hydrogens (tertiary/aromatic N) is 4. The van der Waals surface area contributed by atoms with Crippen LogP contribution in [0.3, 0.4) is 0 Å². The van der Waals surface area contributed by atoms with Crippen LogP contribution in [0.5, 0.6) is 0 Å². The molecule has 1 amide bonds. The molecular weight excluding hydrogens is 376 g/mol. The lowest BCUT2D eigenvalue weighted by Crippen LogP contribution is -2.45. The minimum Gasteiger partial charge on any atom is -0.391 e. The zero-order valence-electron chi connectivity index (χ0n) is 17.2. The maximum atomic E-state index is 13.1. The Balaban J connectivity index is 1.37. The molecule has 2 atom stereocenters. The van der Waals surface area contributed by atoms with Crippen LogP contribution in [0.15, 0.2) is 48.8 Å². The molecule has 3 aromatic rings. The van der Waals surface area contributed by atoms with E-state index < -0.39 is 6.10 Å². The Morgan fingerprint density at radius 1 is 1.17 bits per heavy atom. The van der Waals surface area contributed by atoms with Crippen LogP contribution >= 0.6 is 0 Å². The Morgan fingerprint density at radius 2 is 1.97 bits per heavy atom. The van der Waals surface area contributed by atoms with Crippen molar-refractivity contribution in [3.8, 4) is 5.69 Å². The van der Waals surface area contributed by atoms with Crippen LogP contribution in [0.4, 0.5) is 0 Å². The third kappa shape index (κ3) is 3.41. The van der Waals surface area contributed by atoms with Crippen molar-refractivity contribution in [1.82, 2.24) is 19.7 Å². The number of hydrogen-bond acceptors (Lipinski definition) is 4. The second-order valence-corrected chi connectivity index (χ2v) is 8.37. The van der Waals surface area contributed by atoms with Gasteiger partial charge in [0.05, 0.1) is 35.6 Å². The molecule has 3 heterocycles. The Bertz CT molecular complexity index is 1060. The fraction of sp³-hybridized carbons (Fsp3) is 0.375. The van der Waals surface area contributed by atoms with E-state index in [-0.39, 0.29) is 11.9 Å². The van der Waals surface area contributed by atoms with Crippen molar-refractivity contribution < 1.29 is 9.90 Å². The highest BCUT2D eigenvalue weighted by Crippen LogP contribution is 2.31. The standard InChI is InChI=1S/C24H26N4O2/c1-16-18(13-17-7-9-19(10-8-17)28-12-4-11-25-28)14-20-21(26-16)15-27(24(20)30)22-5-2-3-6-23(22)29/h4,7-12,14,22-23,29H,2-3,5-6,13,15H2,1H3/t22-,23-/m0/s1. The number of benzene rings is 1. The fourth-order valence-corrected chi connectivity index (χ4v) is 4.70. The molecule has 1 aliphatic carbocycles. The van der Waals surface area contributed by atoms with E-state index in [0.717, 1.165) is 54.7 Å². The van der Waals surface area contributed by atoms with Crippen molar-refractivity contribution in [2.24, 2.45) is 0 Å². The lowest BCUT2D eigenvalue weighted by atomic mass is 9.91. The topological polar surface area (TPSA) is 71.2 Å². The van der Waals surface area contributed by atoms with Crippen molar-refractivity contribution in [2.45, 2.75) is 57.7 Å². The number of aryl methyl sites for hydroxylation is 1. The number of carbonyl (C=O) groups excluding carboxylic acids is 1. The number of rotatable bonds is 4. The number of amides is 1. The first-order valence-corrected chi connectivity index (χ1v) is 10.7. The van der Waals surface area contributed by atoms with Crippen LogP contribution in [0, 0.1) is 6.92 Å². The van der Waals surface area contributed by atoms with Gasteiger partial charge in [-0.3, -0.25) is 9.78 Å². The van der Waals surface area contributed by atoms with Crippen molar-refractivity contribution in [1.29, 1.82) is 0 Å². The van der Waals surface area contributed by atoms with Gasteiger partial charge in [-0.25, -0.2) is 4.68 Å². The van der Waals surface area contributed by atoms with Crippen LogP contribution in [0.25, 0.3) is 5.69 Å². The molecule has 6 nitrogen and oxygen atoms in total. The maximum absolute atomic E-state index is 13.1. The van der Waals surface area contributed by atoms with Crippen molar-refractivity contribution in [3.63, 3.8) is 0 Å². The van der Waals surface area contributed by atoms with E-state index in [4.69, 9.17) is 4.98 Å². The maximum Gasteiger partial charge on any atom is 0.256 e. The van der Waals surface area contributed by atoms with Gasteiger partial charge >= 0.3 is 0 Å². The molecule has 0 radical (unpaired) electrons. The van der Waals surface area contributed by atoms with Gasteiger partial charge < -0.3 is 10.0 Å². The SMILES string of the molecule is Cc1nc2c(cc1Cc1ccc(-n3cccn3)cc1)C(=O)N([C@H]1CCCC[C@@H]1O)C2. The van der Waals surface area contributed by atoms with Crippen LogP contribution in [0.1, 0.15) is 58.6 Å². The lowest BCUT2D eigenvalue weighted by Gasteiger charge is -2.34. The zero-order valence-corrected chi connectivity index (χ0v) is 17.2. The highest BCUT2D eigenvalue weighted by molar-refractivity contribution is 5.98. The van der Waals surface area contributed by atoms with E-state index >= 15 is 0 Å². The molecule has 5 rings (SSSR count). The summed E-state index contributed by atoms with van der Waals surface area (Å²) in [5.41, 5.74) is 5.75. The second-order valence-electron chi connectivity index (χ2n) is 8.37. The molecule has 0 unspecified atom stereocenters. The molecular formula is C24H26N4O2. The number of aliphatic hydroxyl groups is 1. The summed E-state index contributed by atoms with van der Waals surface area (Å²) in [5, 5.41) is 14.7. The van der Waals surface area contributed by atoms with Gasteiger partial charge in [0.2, 0.25) is 0 Å². The van der Waals surface area contributed by atoms with E-state index in [9.17, 15) is 9.90 Å². The molecule has 154 valence electrons. The van der Waals surface area contributed by atoms with E-state index in [1.807, 2.05) is 34.8 Å². The predicted octanol–water partition coefficient (Wildman–Crippen LogP) is 3.43. The van der Waals surface area contributed by atoms with Gasteiger partial charge in [-0.15, -0.1) is 0 Å². The van der Waals surface area contributed by atoms with Gasteiger partial charge in [-0.2, -0.15) is 5.10 Å². The van der Waals surface area contributed by atoms with Crippen LogP contribution in [-0.2, 0) is 13.0 Å². The summed E-state index contributed by atoms with van der Waals surface area (Å²) >= 11 is 0. The first-order valence-electron chi connectivity index (χ1n) is 10.7. The fourth-order valence-electron chi connectivity index (χ4n) is 4.70. The van der Waals surface area contributed by atoms with Gasteiger partial charge in [0.25, 0.3) is 5.91 Å². The largest absolute Gasteiger partial charge is 0.391 e. The molecule has 2 aliphatic rings. The summed E-state index contributed by atoms with van der Waals surface area (Å²) in [4.78, 5) is 19.7. The van der Waals surface area contributed by atoms with E-state index in [1.54, 1.807) is 6.20 Å². The second kappa shape index (κ2) is 7.69.